The van der Waals surface area contributed by atoms with Crippen LogP contribution in [-0.2, 0) is 0 Å². The number of nitrogens with zero attached hydrogens (tertiary/aromatic N) is 3. The van der Waals surface area contributed by atoms with E-state index in [1.165, 1.54) is 18.5 Å². The van der Waals surface area contributed by atoms with Gasteiger partial charge in [-0.15, -0.1) is 0 Å². The first-order chi connectivity index (χ1) is 9.11. The average Bonchev–Trinajstić information content (AvgIpc) is 2.46. The highest BCUT2D eigenvalue weighted by molar-refractivity contribution is 5.31. The molecule has 0 N–H and O–H groups in total. The predicted molar refractivity (Wildman–Crippen MR) is 80.5 cm³/mol. The molecular formula is C16H27N3. The number of hydrogen-bond donors (Lipinski definition) is 0. The van der Waals surface area contributed by atoms with Crippen LogP contribution in [0.3, 0.4) is 0 Å². The van der Waals surface area contributed by atoms with E-state index in [2.05, 4.69) is 43.6 Å². The highest BCUT2D eigenvalue weighted by Crippen LogP contribution is 2.27. The minimum Gasteiger partial charge on any atom is -0.341 e. The Hall–Kier alpha value is -1.12. The molecule has 3 heteroatoms. The molecule has 1 aliphatic rings. The largest absolute Gasteiger partial charge is 0.341 e. The first-order valence-electron chi connectivity index (χ1n) is 7.69. The van der Waals surface area contributed by atoms with Crippen molar-refractivity contribution < 1.29 is 0 Å². The lowest BCUT2D eigenvalue weighted by Gasteiger charge is -2.34. The predicted octanol–water partition coefficient (Wildman–Crippen LogP) is 3.86. The summed E-state index contributed by atoms with van der Waals surface area (Å²) < 4.78 is 0. The maximum absolute atomic E-state index is 4.75. The molecule has 0 aromatic carbocycles. The lowest BCUT2D eigenvalue weighted by atomic mass is 9.87. The van der Waals surface area contributed by atoms with Gasteiger partial charge in [-0.25, -0.2) is 9.97 Å². The lowest BCUT2D eigenvalue weighted by Crippen LogP contribution is -2.36. The number of piperidine rings is 1. The Morgan fingerprint density at radius 1 is 1.26 bits per heavy atom. The van der Waals surface area contributed by atoms with E-state index in [1.54, 1.807) is 0 Å². The minimum absolute atomic E-state index is 0.523. The molecule has 19 heavy (non-hydrogen) atoms. The van der Waals surface area contributed by atoms with Crippen molar-refractivity contribution in [3.05, 3.63) is 18.0 Å². The van der Waals surface area contributed by atoms with E-state index in [1.807, 2.05) is 6.20 Å². The van der Waals surface area contributed by atoms with E-state index in [-0.39, 0.29) is 0 Å². The molecule has 0 radical (unpaired) electrons. The van der Waals surface area contributed by atoms with Crippen molar-refractivity contribution in [2.45, 2.75) is 52.9 Å². The third-order valence-electron chi connectivity index (χ3n) is 4.55. The summed E-state index contributed by atoms with van der Waals surface area (Å²) in [6.07, 6.45) is 5.59. The molecule has 0 spiro atoms. The van der Waals surface area contributed by atoms with Crippen LogP contribution in [0.4, 0.5) is 5.95 Å². The van der Waals surface area contributed by atoms with Gasteiger partial charge in [0.15, 0.2) is 0 Å². The second kappa shape index (κ2) is 6.36. The molecule has 2 rings (SSSR count). The minimum atomic E-state index is 0.523. The maximum Gasteiger partial charge on any atom is 0.225 e. The van der Waals surface area contributed by atoms with E-state index in [4.69, 9.17) is 4.98 Å². The Kier molecular flexibility index (Phi) is 4.78. The van der Waals surface area contributed by atoms with E-state index in [0.29, 0.717) is 5.92 Å². The van der Waals surface area contributed by atoms with Crippen LogP contribution < -0.4 is 4.90 Å². The molecule has 106 valence electrons. The summed E-state index contributed by atoms with van der Waals surface area (Å²) in [4.78, 5) is 11.6. The third-order valence-corrected chi connectivity index (χ3v) is 4.55. The summed E-state index contributed by atoms with van der Waals surface area (Å²) in [5.74, 6) is 3.12. The van der Waals surface area contributed by atoms with Crippen LogP contribution in [0.1, 0.15) is 58.6 Å². The van der Waals surface area contributed by atoms with Gasteiger partial charge in [-0.1, -0.05) is 27.7 Å². The second-order valence-corrected chi connectivity index (χ2v) is 6.16. The topological polar surface area (TPSA) is 29.0 Å². The van der Waals surface area contributed by atoms with Crippen LogP contribution in [0.25, 0.3) is 0 Å². The standard InChI is InChI=1S/C16H27N3/c1-5-13(4)15-6-9-17-16(18-15)19-10-7-14(8-11-19)12(2)3/h6,9,12-14H,5,7-8,10-11H2,1-4H3. The van der Waals surface area contributed by atoms with Crippen molar-refractivity contribution >= 4 is 5.95 Å². The van der Waals surface area contributed by atoms with E-state index < -0.39 is 0 Å². The van der Waals surface area contributed by atoms with Crippen LogP contribution >= 0.6 is 0 Å². The number of aromatic nitrogens is 2. The van der Waals surface area contributed by atoms with Crippen molar-refractivity contribution in [3.8, 4) is 0 Å². The van der Waals surface area contributed by atoms with Gasteiger partial charge in [0, 0.05) is 25.0 Å². The van der Waals surface area contributed by atoms with E-state index in [9.17, 15) is 0 Å². The number of hydrogen-bond acceptors (Lipinski definition) is 3. The van der Waals surface area contributed by atoms with Crippen molar-refractivity contribution in [2.24, 2.45) is 11.8 Å². The first kappa shape index (κ1) is 14.3. The summed E-state index contributed by atoms with van der Waals surface area (Å²) in [5, 5.41) is 0. The summed E-state index contributed by atoms with van der Waals surface area (Å²) >= 11 is 0. The molecule has 1 aromatic heterocycles. The molecule has 1 fully saturated rings. The van der Waals surface area contributed by atoms with Gasteiger partial charge >= 0.3 is 0 Å². The Balaban J connectivity index is 2.03. The molecular weight excluding hydrogens is 234 g/mol. The summed E-state index contributed by atoms with van der Waals surface area (Å²) in [7, 11) is 0. The fourth-order valence-electron chi connectivity index (χ4n) is 2.76. The summed E-state index contributed by atoms with van der Waals surface area (Å²) in [6, 6.07) is 2.05. The van der Waals surface area contributed by atoms with Gasteiger partial charge in [0.2, 0.25) is 5.95 Å². The Morgan fingerprint density at radius 3 is 2.53 bits per heavy atom. The summed E-state index contributed by atoms with van der Waals surface area (Å²) in [6.45, 7) is 11.3. The third kappa shape index (κ3) is 3.46. The fraction of sp³-hybridized carbons (Fsp3) is 0.750. The van der Waals surface area contributed by atoms with Crippen molar-refractivity contribution in [1.82, 2.24) is 9.97 Å². The SMILES string of the molecule is CCC(C)c1ccnc(N2CCC(C(C)C)CC2)n1. The Labute approximate surface area is 117 Å². The van der Waals surface area contributed by atoms with Crippen LogP contribution in [0.15, 0.2) is 12.3 Å². The first-order valence-corrected chi connectivity index (χ1v) is 7.69. The molecule has 2 heterocycles. The normalized spacial score (nSPS) is 18.9. The highest BCUT2D eigenvalue weighted by atomic mass is 15.2. The van der Waals surface area contributed by atoms with Crippen molar-refractivity contribution in [1.29, 1.82) is 0 Å². The maximum atomic E-state index is 4.75. The Morgan fingerprint density at radius 2 is 1.95 bits per heavy atom. The molecule has 1 unspecified atom stereocenters. The molecule has 0 saturated carbocycles. The zero-order valence-corrected chi connectivity index (χ0v) is 12.8. The molecule has 1 saturated heterocycles. The molecule has 0 aliphatic carbocycles. The van der Waals surface area contributed by atoms with Gasteiger partial charge < -0.3 is 4.90 Å². The van der Waals surface area contributed by atoms with Crippen LogP contribution in [0.2, 0.25) is 0 Å². The van der Waals surface area contributed by atoms with Crippen LogP contribution in [-0.4, -0.2) is 23.1 Å². The average molecular weight is 261 g/mol. The Bertz CT molecular complexity index is 395. The summed E-state index contributed by atoms with van der Waals surface area (Å²) in [5.41, 5.74) is 1.18. The van der Waals surface area contributed by atoms with Crippen LogP contribution in [0.5, 0.6) is 0 Å². The molecule has 3 nitrogen and oxygen atoms in total. The van der Waals surface area contributed by atoms with Gasteiger partial charge in [-0.3, -0.25) is 0 Å². The van der Waals surface area contributed by atoms with Gasteiger partial charge in [0.1, 0.15) is 0 Å². The van der Waals surface area contributed by atoms with E-state index in [0.717, 1.165) is 37.3 Å². The van der Waals surface area contributed by atoms with Gasteiger partial charge in [-0.05, 0) is 43.1 Å². The quantitative estimate of drug-likeness (QED) is 0.824. The molecule has 0 amide bonds. The zero-order valence-electron chi connectivity index (χ0n) is 12.8. The van der Waals surface area contributed by atoms with E-state index >= 15 is 0 Å². The highest BCUT2D eigenvalue weighted by Gasteiger charge is 2.23. The number of rotatable bonds is 4. The lowest BCUT2D eigenvalue weighted by molar-refractivity contribution is 0.310. The molecule has 1 atom stereocenters. The van der Waals surface area contributed by atoms with Crippen LogP contribution in [0, 0.1) is 11.8 Å². The van der Waals surface area contributed by atoms with Crippen molar-refractivity contribution in [3.63, 3.8) is 0 Å². The van der Waals surface area contributed by atoms with Crippen molar-refractivity contribution in [2.75, 3.05) is 18.0 Å². The van der Waals surface area contributed by atoms with Gasteiger partial charge in [0.05, 0.1) is 0 Å². The second-order valence-electron chi connectivity index (χ2n) is 6.16. The van der Waals surface area contributed by atoms with Gasteiger partial charge in [-0.2, -0.15) is 0 Å². The molecule has 0 bridgehead atoms. The fourth-order valence-corrected chi connectivity index (χ4v) is 2.76. The van der Waals surface area contributed by atoms with Gasteiger partial charge in [0.25, 0.3) is 0 Å². The number of anilines is 1. The molecule has 1 aliphatic heterocycles. The zero-order chi connectivity index (χ0) is 13.8. The molecule has 1 aromatic rings. The smallest absolute Gasteiger partial charge is 0.225 e. The monoisotopic (exact) mass is 261 g/mol.